The highest BCUT2D eigenvalue weighted by atomic mass is 16.4. The van der Waals surface area contributed by atoms with Crippen LogP contribution in [0, 0.1) is 0 Å². The molecular formula is C12H17N5O4. The molecule has 2 heterocycles. The maximum atomic E-state index is 11.8. The minimum atomic E-state index is -1.17. The number of nitrogens with one attached hydrogen (secondary N) is 3. The Bertz CT molecular complexity index is 556. The number of aromatic nitrogens is 2. The van der Waals surface area contributed by atoms with Gasteiger partial charge in [-0.1, -0.05) is 0 Å². The number of hydrogen-bond donors (Lipinski definition) is 4. The summed E-state index contributed by atoms with van der Waals surface area (Å²) in [6.07, 6.45) is 4.01. The molecule has 21 heavy (non-hydrogen) atoms. The number of amides is 3. The first-order valence-electron chi connectivity index (χ1n) is 6.51. The molecule has 4 N–H and O–H groups in total. The molecule has 2 atom stereocenters. The fourth-order valence-electron chi connectivity index (χ4n) is 2.11. The first kappa shape index (κ1) is 14.8. The smallest absolute Gasteiger partial charge is 0.331 e. The lowest BCUT2D eigenvalue weighted by Crippen LogP contribution is -2.45. The van der Waals surface area contributed by atoms with E-state index in [4.69, 9.17) is 5.11 Å². The molecule has 1 aliphatic rings. The first-order chi connectivity index (χ1) is 9.95. The molecule has 1 aliphatic heterocycles. The van der Waals surface area contributed by atoms with Crippen LogP contribution in [-0.4, -0.2) is 45.4 Å². The van der Waals surface area contributed by atoms with Gasteiger partial charge in [0.25, 0.3) is 0 Å². The van der Waals surface area contributed by atoms with Crippen molar-refractivity contribution >= 4 is 17.9 Å². The van der Waals surface area contributed by atoms with E-state index in [1.165, 1.54) is 17.1 Å². The van der Waals surface area contributed by atoms with Crippen LogP contribution < -0.4 is 16.0 Å². The number of carboxylic acid groups (broad SMARTS) is 1. The summed E-state index contributed by atoms with van der Waals surface area (Å²) >= 11 is 0. The number of carbonyl (C=O) groups excluding carboxylic acids is 2. The maximum Gasteiger partial charge on any atom is 0.331 e. The summed E-state index contributed by atoms with van der Waals surface area (Å²) in [5.41, 5.74) is 0.384. The fraction of sp³-hybridized carbons (Fsp3) is 0.500. The molecule has 0 radical (unpaired) electrons. The van der Waals surface area contributed by atoms with Gasteiger partial charge in [0.2, 0.25) is 5.91 Å². The van der Waals surface area contributed by atoms with Crippen molar-refractivity contribution in [3.05, 3.63) is 18.0 Å². The molecule has 0 saturated carbocycles. The molecule has 3 amide bonds. The van der Waals surface area contributed by atoms with E-state index in [9.17, 15) is 14.4 Å². The van der Waals surface area contributed by atoms with E-state index in [0.29, 0.717) is 18.4 Å². The van der Waals surface area contributed by atoms with E-state index in [1.54, 1.807) is 7.05 Å². The summed E-state index contributed by atoms with van der Waals surface area (Å²) in [7, 11) is 1.66. The number of hydrogen-bond acceptors (Lipinski definition) is 4. The maximum absolute atomic E-state index is 11.8. The van der Waals surface area contributed by atoms with Crippen molar-refractivity contribution in [2.75, 3.05) is 6.54 Å². The van der Waals surface area contributed by atoms with Gasteiger partial charge >= 0.3 is 12.0 Å². The Labute approximate surface area is 120 Å². The Hall–Kier alpha value is -2.58. The molecule has 1 aromatic rings. The summed E-state index contributed by atoms with van der Waals surface area (Å²) in [4.78, 5) is 34.0. The third-order valence-corrected chi connectivity index (χ3v) is 3.17. The lowest BCUT2D eigenvalue weighted by Gasteiger charge is -2.15. The van der Waals surface area contributed by atoms with Crippen LogP contribution in [0.3, 0.4) is 0 Å². The Morgan fingerprint density at radius 1 is 1.62 bits per heavy atom. The van der Waals surface area contributed by atoms with Gasteiger partial charge in [-0.2, -0.15) is 5.10 Å². The van der Waals surface area contributed by atoms with Crippen LogP contribution in [0.25, 0.3) is 0 Å². The number of carboxylic acids is 1. The van der Waals surface area contributed by atoms with E-state index in [2.05, 4.69) is 21.0 Å². The van der Waals surface area contributed by atoms with Gasteiger partial charge in [-0.15, -0.1) is 0 Å². The van der Waals surface area contributed by atoms with Gasteiger partial charge in [-0.05, 0) is 6.42 Å². The zero-order valence-electron chi connectivity index (χ0n) is 11.5. The minimum absolute atomic E-state index is 0.0408. The molecule has 0 aliphatic carbocycles. The number of nitrogens with zero attached hydrogens (tertiary/aromatic N) is 2. The normalized spacial score (nSPS) is 18.9. The summed E-state index contributed by atoms with van der Waals surface area (Å²) < 4.78 is 1.46. The molecule has 9 heteroatoms. The summed E-state index contributed by atoms with van der Waals surface area (Å²) in [6, 6.07) is -1.88. The Kier molecular flexibility index (Phi) is 4.41. The van der Waals surface area contributed by atoms with Gasteiger partial charge < -0.3 is 21.1 Å². The van der Waals surface area contributed by atoms with E-state index < -0.39 is 18.0 Å². The van der Waals surface area contributed by atoms with Crippen LogP contribution in [0.15, 0.2) is 12.4 Å². The van der Waals surface area contributed by atoms with Gasteiger partial charge in [-0.3, -0.25) is 9.48 Å². The Morgan fingerprint density at radius 3 is 2.90 bits per heavy atom. The number of carbonyl (C=O) groups is 3. The van der Waals surface area contributed by atoms with Crippen LogP contribution in [0.4, 0.5) is 4.79 Å². The summed E-state index contributed by atoms with van der Waals surface area (Å²) in [5.74, 6) is -1.21. The quantitative estimate of drug-likeness (QED) is 0.561. The van der Waals surface area contributed by atoms with E-state index >= 15 is 0 Å². The second-order valence-corrected chi connectivity index (χ2v) is 4.88. The monoisotopic (exact) mass is 295 g/mol. The SMILES string of the molecule is Cn1cc(C(NC(=O)NCC2CCC(=O)N2)C(=O)O)cn1. The third-order valence-electron chi connectivity index (χ3n) is 3.17. The Morgan fingerprint density at radius 2 is 2.38 bits per heavy atom. The average Bonchev–Trinajstić information content (AvgIpc) is 3.02. The highest BCUT2D eigenvalue weighted by molar-refractivity contribution is 5.83. The van der Waals surface area contributed by atoms with Crippen molar-refractivity contribution < 1.29 is 19.5 Å². The highest BCUT2D eigenvalue weighted by Gasteiger charge is 2.25. The van der Waals surface area contributed by atoms with E-state index in [1.807, 2.05) is 0 Å². The number of aryl methyl sites for hydroxylation is 1. The number of rotatable bonds is 5. The lowest BCUT2D eigenvalue weighted by atomic mass is 10.1. The van der Waals surface area contributed by atoms with E-state index in [-0.39, 0.29) is 18.5 Å². The molecular weight excluding hydrogens is 278 g/mol. The van der Waals surface area contributed by atoms with Gasteiger partial charge in [-0.25, -0.2) is 9.59 Å². The molecule has 2 rings (SSSR count). The zero-order chi connectivity index (χ0) is 15.4. The van der Waals surface area contributed by atoms with Crippen molar-refractivity contribution in [3.63, 3.8) is 0 Å². The number of aliphatic carboxylic acids is 1. The van der Waals surface area contributed by atoms with Crippen molar-refractivity contribution in [3.8, 4) is 0 Å². The predicted molar refractivity (Wildman–Crippen MR) is 71.3 cm³/mol. The van der Waals surface area contributed by atoms with Gasteiger partial charge in [0.1, 0.15) is 0 Å². The third kappa shape index (κ3) is 3.94. The largest absolute Gasteiger partial charge is 0.479 e. The number of urea groups is 1. The van der Waals surface area contributed by atoms with Crippen LogP contribution >= 0.6 is 0 Å². The van der Waals surface area contributed by atoms with Crippen LogP contribution in [0.1, 0.15) is 24.4 Å². The average molecular weight is 295 g/mol. The van der Waals surface area contributed by atoms with Crippen LogP contribution in [0.2, 0.25) is 0 Å². The molecule has 114 valence electrons. The van der Waals surface area contributed by atoms with Crippen molar-refractivity contribution in [2.24, 2.45) is 7.05 Å². The van der Waals surface area contributed by atoms with Crippen molar-refractivity contribution in [1.82, 2.24) is 25.7 Å². The fourth-order valence-corrected chi connectivity index (χ4v) is 2.11. The molecule has 1 aromatic heterocycles. The minimum Gasteiger partial charge on any atom is -0.479 e. The lowest BCUT2D eigenvalue weighted by molar-refractivity contribution is -0.139. The summed E-state index contributed by atoms with van der Waals surface area (Å²) in [6.45, 7) is 0.261. The first-order valence-corrected chi connectivity index (χ1v) is 6.51. The second-order valence-electron chi connectivity index (χ2n) is 4.88. The second kappa shape index (κ2) is 6.25. The standard InChI is InChI=1S/C12H17N5O4/c1-17-6-7(4-14-17)10(11(19)20)16-12(21)13-5-8-2-3-9(18)15-8/h4,6,8,10H,2-3,5H2,1H3,(H,15,18)(H,19,20)(H2,13,16,21). The Balaban J connectivity index is 1.87. The topological polar surface area (TPSA) is 125 Å². The predicted octanol–water partition coefficient (Wildman–Crippen LogP) is -0.876. The van der Waals surface area contributed by atoms with Crippen LogP contribution in [0.5, 0.6) is 0 Å². The zero-order valence-corrected chi connectivity index (χ0v) is 11.5. The molecule has 0 spiro atoms. The molecule has 0 bridgehead atoms. The van der Waals surface area contributed by atoms with Crippen molar-refractivity contribution in [1.29, 1.82) is 0 Å². The molecule has 0 aromatic carbocycles. The molecule has 9 nitrogen and oxygen atoms in total. The highest BCUT2D eigenvalue weighted by Crippen LogP contribution is 2.11. The summed E-state index contributed by atoms with van der Waals surface area (Å²) in [5, 5.41) is 20.7. The molecule has 2 unspecified atom stereocenters. The molecule has 1 saturated heterocycles. The van der Waals surface area contributed by atoms with Crippen molar-refractivity contribution in [2.45, 2.75) is 24.9 Å². The van der Waals surface area contributed by atoms with Gasteiger partial charge in [0, 0.05) is 37.8 Å². The van der Waals surface area contributed by atoms with Gasteiger partial charge in [0.05, 0.1) is 6.20 Å². The van der Waals surface area contributed by atoms with Gasteiger partial charge in [0.15, 0.2) is 6.04 Å². The van der Waals surface area contributed by atoms with Crippen LogP contribution in [-0.2, 0) is 16.6 Å². The van der Waals surface area contributed by atoms with E-state index in [0.717, 1.165) is 0 Å². The molecule has 1 fully saturated rings.